The average Bonchev–Trinajstić information content (AvgIpc) is 2.23. The van der Waals surface area contributed by atoms with Crippen LogP contribution in [0.3, 0.4) is 0 Å². The van der Waals surface area contributed by atoms with Gasteiger partial charge >= 0.3 is 0 Å². The largest absolute Gasteiger partial charge is 0.314 e. The molecule has 0 saturated carbocycles. The Hall–Kier alpha value is -0.0400. The molecule has 2 unspecified atom stereocenters. The van der Waals surface area contributed by atoms with Gasteiger partial charge in [-0.2, -0.15) is 0 Å². The minimum atomic E-state index is 0.700. The van der Waals surface area contributed by atoms with Crippen molar-refractivity contribution in [2.45, 2.75) is 78.7 Å². The van der Waals surface area contributed by atoms with Crippen molar-refractivity contribution in [1.82, 2.24) is 5.32 Å². The Kier molecular flexibility index (Phi) is 10.4. The van der Waals surface area contributed by atoms with Crippen LogP contribution in [-0.4, -0.2) is 12.6 Å². The Labute approximate surface area is 97.0 Å². The summed E-state index contributed by atoms with van der Waals surface area (Å²) in [5.41, 5.74) is 0. The molecule has 1 heteroatoms. The summed E-state index contributed by atoms with van der Waals surface area (Å²) in [7, 11) is 0. The normalized spacial score (nSPS) is 15.2. The second-order valence-electron chi connectivity index (χ2n) is 4.72. The van der Waals surface area contributed by atoms with Crippen LogP contribution in [-0.2, 0) is 0 Å². The highest BCUT2D eigenvalue weighted by Crippen LogP contribution is 2.18. The van der Waals surface area contributed by atoms with Crippen LogP contribution in [0.15, 0.2) is 0 Å². The first-order valence-corrected chi connectivity index (χ1v) is 6.99. The Balaban J connectivity index is 3.51. The molecule has 0 spiro atoms. The smallest absolute Gasteiger partial charge is 0.00667 e. The SMILES string of the molecule is CCCCCCCC(CC)C(C)NCC. The van der Waals surface area contributed by atoms with Crippen LogP contribution in [0, 0.1) is 5.92 Å². The van der Waals surface area contributed by atoms with Gasteiger partial charge in [0.05, 0.1) is 0 Å². The molecule has 0 aromatic carbocycles. The molecular formula is C14H31N. The third-order valence-electron chi connectivity index (χ3n) is 3.44. The molecule has 1 N–H and O–H groups in total. The van der Waals surface area contributed by atoms with Gasteiger partial charge in [0.15, 0.2) is 0 Å². The molecule has 15 heavy (non-hydrogen) atoms. The van der Waals surface area contributed by atoms with Crippen molar-refractivity contribution >= 4 is 0 Å². The van der Waals surface area contributed by atoms with Crippen LogP contribution in [0.2, 0.25) is 0 Å². The first-order valence-electron chi connectivity index (χ1n) is 6.99. The molecule has 0 amide bonds. The fourth-order valence-electron chi connectivity index (χ4n) is 2.31. The molecule has 0 radical (unpaired) electrons. The van der Waals surface area contributed by atoms with Crippen LogP contribution in [0.4, 0.5) is 0 Å². The number of hydrogen-bond acceptors (Lipinski definition) is 1. The first kappa shape index (κ1) is 15.0. The van der Waals surface area contributed by atoms with E-state index in [0.29, 0.717) is 6.04 Å². The summed E-state index contributed by atoms with van der Waals surface area (Å²) in [6.45, 7) is 10.2. The average molecular weight is 213 g/mol. The third kappa shape index (κ3) is 7.84. The molecule has 0 fully saturated rings. The van der Waals surface area contributed by atoms with Gasteiger partial charge < -0.3 is 5.32 Å². The van der Waals surface area contributed by atoms with Gasteiger partial charge in [-0.1, -0.05) is 59.3 Å². The number of nitrogens with one attached hydrogen (secondary N) is 1. The fraction of sp³-hybridized carbons (Fsp3) is 1.00. The maximum absolute atomic E-state index is 3.55. The first-order chi connectivity index (χ1) is 7.26. The molecule has 92 valence electrons. The monoisotopic (exact) mass is 213 g/mol. The molecule has 2 atom stereocenters. The van der Waals surface area contributed by atoms with E-state index >= 15 is 0 Å². The molecule has 0 saturated heterocycles. The third-order valence-corrected chi connectivity index (χ3v) is 3.44. The van der Waals surface area contributed by atoms with E-state index in [4.69, 9.17) is 0 Å². The quantitative estimate of drug-likeness (QED) is 0.531. The zero-order valence-electron chi connectivity index (χ0n) is 11.3. The highest BCUT2D eigenvalue weighted by Gasteiger charge is 2.13. The van der Waals surface area contributed by atoms with Crippen molar-refractivity contribution in [1.29, 1.82) is 0 Å². The lowest BCUT2D eigenvalue weighted by Crippen LogP contribution is -2.33. The molecule has 0 bridgehead atoms. The Morgan fingerprint density at radius 3 is 2.13 bits per heavy atom. The van der Waals surface area contributed by atoms with Gasteiger partial charge in [0.25, 0.3) is 0 Å². The van der Waals surface area contributed by atoms with Crippen molar-refractivity contribution in [3.63, 3.8) is 0 Å². The number of hydrogen-bond donors (Lipinski definition) is 1. The van der Waals surface area contributed by atoms with E-state index in [2.05, 4.69) is 33.0 Å². The molecule has 0 rings (SSSR count). The molecule has 1 nitrogen and oxygen atoms in total. The lowest BCUT2D eigenvalue weighted by atomic mass is 9.92. The maximum Gasteiger partial charge on any atom is 0.00667 e. The van der Waals surface area contributed by atoms with Crippen molar-refractivity contribution in [2.24, 2.45) is 5.92 Å². The van der Waals surface area contributed by atoms with Gasteiger partial charge in [-0.3, -0.25) is 0 Å². The van der Waals surface area contributed by atoms with E-state index in [1.54, 1.807) is 0 Å². The van der Waals surface area contributed by atoms with Crippen molar-refractivity contribution in [3.8, 4) is 0 Å². The van der Waals surface area contributed by atoms with Gasteiger partial charge in [-0.05, 0) is 25.8 Å². The fourth-order valence-corrected chi connectivity index (χ4v) is 2.31. The van der Waals surface area contributed by atoms with Crippen molar-refractivity contribution < 1.29 is 0 Å². The zero-order valence-corrected chi connectivity index (χ0v) is 11.3. The molecule has 0 aromatic heterocycles. The van der Waals surface area contributed by atoms with E-state index < -0.39 is 0 Å². The van der Waals surface area contributed by atoms with Crippen LogP contribution >= 0.6 is 0 Å². The van der Waals surface area contributed by atoms with Crippen LogP contribution < -0.4 is 5.32 Å². The van der Waals surface area contributed by atoms with Crippen LogP contribution in [0.25, 0.3) is 0 Å². The van der Waals surface area contributed by atoms with E-state index in [0.717, 1.165) is 12.5 Å². The summed E-state index contributed by atoms with van der Waals surface area (Å²) >= 11 is 0. The second kappa shape index (κ2) is 10.5. The van der Waals surface area contributed by atoms with E-state index in [9.17, 15) is 0 Å². The molecule has 0 aromatic rings. The predicted molar refractivity (Wildman–Crippen MR) is 70.3 cm³/mol. The Morgan fingerprint density at radius 2 is 1.60 bits per heavy atom. The van der Waals surface area contributed by atoms with Crippen molar-refractivity contribution in [3.05, 3.63) is 0 Å². The summed E-state index contributed by atoms with van der Waals surface area (Å²) in [5, 5.41) is 3.55. The summed E-state index contributed by atoms with van der Waals surface area (Å²) in [5.74, 6) is 0.881. The van der Waals surface area contributed by atoms with Crippen LogP contribution in [0.1, 0.15) is 72.6 Å². The van der Waals surface area contributed by atoms with Gasteiger partial charge in [0, 0.05) is 6.04 Å². The van der Waals surface area contributed by atoms with Crippen LogP contribution in [0.5, 0.6) is 0 Å². The maximum atomic E-state index is 3.55. The van der Waals surface area contributed by atoms with E-state index in [1.807, 2.05) is 0 Å². The number of unbranched alkanes of at least 4 members (excludes halogenated alkanes) is 4. The molecule has 0 heterocycles. The van der Waals surface area contributed by atoms with Gasteiger partial charge in [-0.25, -0.2) is 0 Å². The predicted octanol–water partition coefficient (Wildman–Crippen LogP) is 4.37. The lowest BCUT2D eigenvalue weighted by Gasteiger charge is -2.23. The lowest BCUT2D eigenvalue weighted by molar-refractivity contribution is 0.336. The molecule has 0 aliphatic rings. The minimum absolute atomic E-state index is 0.700. The highest BCUT2D eigenvalue weighted by molar-refractivity contribution is 4.70. The highest BCUT2D eigenvalue weighted by atomic mass is 14.9. The van der Waals surface area contributed by atoms with Gasteiger partial charge in [0.2, 0.25) is 0 Å². The summed E-state index contributed by atoms with van der Waals surface area (Å²) in [6.07, 6.45) is 9.79. The summed E-state index contributed by atoms with van der Waals surface area (Å²) in [4.78, 5) is 0. The summed E-state index contributed by atoms with van der Waals surface area (Å²) < 4.78 is 0. The van der Waals surface area contributed by atoms with E-state index in [-0.39, 0.29) is 0 Å². The topological polar surface area (TPSA) is 12.0 Å². The van der Waals surface area contributed by atoms with Gasteiger partial charge in [0.1, 0.15) is 0 Å². The van der Waals surface area contributed by atoms with Gasteiger partial charge in [-0.15, -0.1) is 0 Å². The van der Waals surface area contributed by atoms with Crippen molar-refractivity contribution in [2.75, 3.05) is 6.54 Å². The summed E-state index contributed by atoms with van der Waals surface area (Å²) in [6, 6.07) is 0.700. The minimum Gasteiger partial charge on any atom is -0.314 e. The molecule has 0 aliphatic heterocycles. The second-order valence-corrected chi connectivity index (χ2v) is 4.72. The Morgan fingerprint density at radius 1 is 0.933 bits per heavy atom. The Bertz CT molecular complexity index is 123. The number of rotatable bonds is 10. The molecule has 0 aliphatic carbocycles. The van der Waals surface area contributed by atoms with E-state index in [1.165, 1.54) is 44.9 Å². The molecular weight excluding hydrogens is 182 g/mol. The standard InChI is InChI=1S/C14H31N/c1-5-8-9-10-11-12-14(6-2)13(4)15-7-3/h13-15H,5-12H2,1-4H3. The zero-order chi connectivity index (χ0) is 11.5.